The van der Waals surface area contributed by atoms with E-state index in [1.807, 2.05) is 60.7 Å². The van der Waals surface area contributed by atoms with Crippen molar-refractivity contribution in [3.8, 4) is 0 Å². The van der Waals surface area contributed by atoms with Gasteiger partial charge < -0.3 is 19.3 Å². The SMILES string of the molecule is CN(C)CCOP(=O)(O)OC(COC(=O)CCCc1ccccc1)COC(=O)CCCc1ccccc1. The fourth-order valence-corrected chi connectivity index (χ4v) is 4.22. The molecular formula is C27H38NO8P. The normalized spacial score (nSPS) is 12.9. The Labute approximate surface area is 219 Å². The second-order valence-corrected chi connectivity index (χ2v) is 10.3. The third-order valence-corrected chi connectivity index (χ3v) is 6.39. The molecule has 0 fully saturated rings. The Morgan fingerprint density at radius 3 is 1.73 bits per heavy atom. The van der Waals surface area contributed by atoms with Crippen molar-refractivity contribution in [2.45, 2.75) is 44.6 Å². The molecule has 10 heteroatoms. The summed E-state index contributed by atoms with van der Waals surface area (Å²) in [6.07, 6.45) is 1.85. The molecule has 0 saturated heterocycles. The summed E-state index contributed by atoms with van der Waals surface area (Å²) >= 11 is 0. The van der Waals surface area contributed by atoms with Crippen molar-refractivity contribution < 1.29 is 37.6 Å². The number of nitrogens with zero attached hydrogens (tertiary/aromatic N) is 1. The predicted molar refractivity (Wildman–Crippen MR) is 140 cm³/mol. The summed E-state index contributed by atoms with van der Waals surface area (Å²) in [6, 6.07) is 19.5. The van der Waals surface area contributed by atoms with E-state index in [0.29, 0.717) is 19.4 Å². The molecule has 2 rings (SSSR count). The smallest absolute Gasteiger partial charge is 0.463 e. The van der Waals surface area contributed by atoms with Crippen LogP contribution in [0.3, 0.4) is 0 Å². The number of likely N-dealkylation sites (N-methyl/N-ethyl adjacent to an activating group) is 1. The molecule has 0 amide bonds. The molecule has 1 N–H and O–H groups in total. The van der Waals surface area contributed by atoms with Crippen LogP contribution in [0.25, 0.3) is 0 Å². The number of esters is 2. The Morgan fingerprint density at radius 1 is 0.838 bits per heavy atom. The van der Waals surface area contributed by atoms with Gasteiger partial charge in [0.05, 0.1) is 6.61 Å². The monoisotopic (exact) mass is 535 g/mol. The highest BCUT2D eigenvalue weighted by molar-refractivity contribution is 7.47. The molecule has 0 radical (unpaired) electrons. The summed E-state index contributed by atoms with van der Waals surface area (Å²) in [5.41, 5.74) is 2.23. The zero-order chi connectivity index (χ0) is 26.9. The standard InChI is InChI=1S/C27H38NO8P/c1-28(2)19-20-35-37(31,32)36-25(21-33-26(29)17-9-15-23-11-5-3-6-12-23)22-34-27(30)18-10-16-24-13-7-4-8-14-24/h3-8,11-14,25H,9-10,15-22H2,1-2H3,(H,31,32). The summed E-state index contributed by atoms with van der Waals surface area (Å²) in [5.74, 6) is -0.944. The van der Waals surface area contributed by atoms with Gasteiger partial charge in [0, 0.05) is 19.4 Å². The number of carbonyl (C=O) groups is 2. The predicted octanol–water partition coefficient (Wildman–Crippen LogP) is 4.18. The van der Waals surface area contributed by atoms with Gasteiger partial charge in [0.1, 0.15) is 19.3 Å². The fourth-order valence-electron chi connectivity index (χ4n) is 3.35. The molecule has 0 aliphatic heterocycles. The number of carbonyl (C=O) groups excluding carboxylic acids is 2. The van der Waals surface area contributed by atoms with Crippen molar-refractivity contribution in [1.29, 1.82) is 0 Å². The molecule has 0 aliphatic carbocycles. The number of rotatable bonds is 18. The number of ether oxygens (including phenoxy) is 2. The molecule has 0 aromatic heterocycles. The quantitative estimate of drug-likeness (QED) is 0.222. The molecule has 0 saturated carbocycles. The lowest BCUT2D eigenvalue weighted by molar-refractivity contribution is -0.152. The first-order valence-electron chi connectivity index (χ1n) is 12.4. The highest BCUT2D eigenvalue weighted by Gasteiger charge is 2.28. The number of aryl methyl sites for hydroxylation is 2. The number of benzene rings is 2. The number of phosphoric acid groups is 1. The average molecular weight is 536 g/mol. The lowest BCUT2D eigenvalue weighted by Crippen LogP contribution is -2.28. The van der Waals surface area contributed by atoms with E-state index in [4.69, 9.17) is 18.5 Å². The molecule has 204 valence electrons. The number of hydrogen-bond donors (Lipinski definition) is 1. The van der Waals surface area contributed by atoms with E-state index in [-0.39, 0.29) is 32.7 Å². The molecule has 1 unspecified atom stereocenters. The first-order chi connectivity index (χ1) is 17.7. The van der Waals surface area contributed by atoms with Gasteiger partial charge in [-0.1, -0.05) is 60.7 Å². The minimum atomic E-state index is -4.46. The van der Waals surface area contributed by atoms with Crippen molar-refractivity contribution in [1.82, 2.24) is 4.90 Å². The molecule has 1 atom stereocenters. The van der Waals surface area contributed by atoms with Crippen LogP contribution in [0.4, 0.5) is 0 Å². The maximum Gasteiger partial charge on any atom is 0.472 e. The maximum absolute atomic E-state index is 12.4. The van der Waals surface area contributed by atoms with Gasteiger partial charge in [0.2, 0.25) is 0 Å². The second-order valence-electron chi connectivity index (χ2n) is 8.88. The highest BCUT2D eigenvalue weighted by Crippen LogP contribution is 2.44. The van der Waals surface area contributed by atoms with Crippen molar-refractivity contribution in [3.05, 3.63) is 71.8 Å². The first kappa shape index (κ1) is 30.7. The van der Waals surface area contributed by atoms with Crippen LogP contribution in [0.5, 0.6) is 0 Å². The van der Waals surface area contributed by atoms with Gasteiger partial charge in [-0.2, -0.15) is 0 Å². The molecule has 2 aromatic carbocycles. The van der Waals surface area contributed by atoms with Crippen molar-refractivity contribution >= 4 is 19.8 Å². The van der Waals surface area contributed by atoms with Crippen LogP contribution in [-0.4, -0.2) is 68.3 Å². The van der Waals surface area contributed by atoms with Crippen LogP contribution in [0.1, 0.15) is 36.8 Å². The minimum absolute atomic E-state index is 0.0357. The van der Waals surface area contributed by atoms with Crippen LogP contribution < -0.4 is 0 Å². The van der Waals surface area contributed by atoms with Crippen LogP contribution in [0, 0.1) is 0 Å². The van der Waals surface area contributed by atoms with E-state index in [0.717, 1.165) is 24.0 Å². The molecule has 37 heavy (non-hydrogen) atoms. The summed E-state index contributed by atoms with van der Waals surface area (Å²) in [7, 11) is -0.866. The molecule has 0 spiro atoms. The van der Waals surface area contributed by atoms with Gasteiger partial charge >= 0.3 is 19.8 Å². The van der Waals surface area contributed by atoms with Crippen molar-refractivity contribution in [2.75, 3.05) is 40.5 Å². The zero-order valence-corrected chi connectivity index (χ0v) is 22.5. The molecule has 2 aromatic rings. The van der Waals surface area contributed by atoms with Crippen LogP contribution in [0.2, 0.25) is 0 Å². The van der Waals surface area contributed by atoms with E-state index in [1.165, 1.54) is 0 Å². The fraction of sp³-hybridized carbons (Fsp3) is 0.481. The van der Waals surface area contributed by atoms with Crippen molar-refractivity contribution in [3.63, 3.8) is 0 Å². The summed E-state index contributed by atoms with van der Waals surface area (Å²) in [6.45, 7) is -0.316. The minimum Gasteiger partial charge on any atom is -0.463 e. The number of phosphoric ester groups is 1. The van der Waals surface area contributed by atoms with Gasteiger partial charge in [0.15, 0.2) is 0 Å². The van der Waals surface area contributed by atoms with E-state index < -0.39 is 25.9 Å². The van der Waals surface area contributed by atoms with Crippen LogP contribution in [-0.2, 0) is 45.5 Å². The third-order valence-electron chi connectivity index (χ3n) is 5.31. The van der Waals surface area contributed by atoms with Gasteiger partial charge in [-0.15, -0.1) is 0 Å². The van der Waals surface area contributed by atoms with E-state index >= 15 is 0 Å². The van der Waals surface area contributed by atoms with E-state index in [1.54, 1.807) is 19.0 Å². The van der Waals surface area contributed by atoms with Gasteiger partial charge in [-0.3, -0.25) is 18.6 Å². The summed E-state index contributed by atoms with van der Waals surface area (Å²) < 4.78 is 33.0. The van der Waals surface area contributed by atoms with E-state index in [2.05, 4.69) is 0 Å². The number of hydrogen-bond acceptors (Lipinski definition) is 8. The van der Waals surface area contributed by atoms with Crippen LogP contribution >= 0.6 is 7.82 Å². The Morgan fingerprint density at radius 2 is 1.30 bits per heavy atom. The molecule has 9 nitrogen and oxygen atoms in total. The third kappa shape index (κ3) is 14.7. The molecule has 0 aliphatic rings. The second kappa shape index (κ2) is 17.1. The van der Waals surface area contributed by atoms with E-state index in [9.17, 15) is 19.0 Å². The first-order valence-corrected chi connectivity index (χ1v) is 13.9. The molecular weight excluding hydrogens is 497 g/mol. The highest BCUT2D eigenvalue weighted by atomic mass is 31.2. The topological polar surface area (TPSA) is 112 Å². The van der Waals surface area contributed by atoms with Crippen molar-refractivity contribution in [2.24, 2.45) is 0 Å². The van der Waals surface area contributed by atoms with Gasteiger partial charge in [-0.05, 0) is 50.9 Å². The molecule has 0 heterocycles. The maximum atomic E-state index is 12.4. The van der Waals surface area contributed by atoms with Crippen LogP contribution in [0.15, 0.2) is 60.7 Å². The summed E-state index contributed by atoms with van der Waals surface area (Å²) in [4.78, 5) is 36.3. The lowest BCUT2D eigenvalue weighted by atomic mass is 10.1. The molecule has 0 bridgehead atoms. The Balaban J connectivity index is 1.80. The Kier molecular flexibility index (Phi) is 14.1. The lowest BCUT2D eigenvalue weighted by Gasteiger charge is -2.21. The largest absolute Gasteiger partial charge is 0.472 e. The Bertz CT molecular complexity index is 909. The summed E-state index contributed by atoms with van der Waals surface area (Å²) in [5, 5.41) is 0. The zero-order valence-electron chi connectivity index (χ0n) is 21.6. The average Bonchev–Trinajstić information content (AvgIpc) is 2.86. The Hall–Kier alpha value is -2.55. The van der Waals surface area contributed by atoms with Gasteiger partial charge in [-0.25, -0.2) is 4.57 Å². The van der Waals surface area contributed by atoms with Gasteiger partial charge in [0.25, 0.3) is 0 Å².